The number of methoxy groups -OCH3 is 2. The normalized spacial score (nSPS) is 14.2. The Morgan fingerprint density at radius 1 is 1.09 bits per heavy atom. The van der Waals surface area contributed by atoms with Crippen molar-refractivity contribution >= 4 is 22.7 Å². The van der Waals surface area contributed by atoms with Crippen molar-refractivity contribution in [1.29, 1.82) is 0 Å². The van der Waals surface area contributed by atoms with E-state index in [1.165, 1.54) is 0 Å². The second-order valence-corrected chi connectivity index (χ2v) is 8.70. The first-order valence-electron chi connectivity index (χ1n) is 11.8. The number of pyridine rings is 1. The molecule has 0 aliphatic carbocycles. The van der Waals surface area contributed by atoms with Crippen LogP contribution < -0.4 is 14.8 Å². The van der Waals surface area contributed by atoms with Crippen LogP contribution >= 0.6 is 0 Å². The summed E-state index contributed by atoms with van der Waals surface area (Å²) in [5.74, 6) is 1.75. The maximum absolute atomic E-state index is 12.9. The van der Waals surface area contributed by atoms with Crippen molar-refractivity contribution in [3.8, 4) is 11.5 Å². The van der Waals surface area contributed by atoms with Crippen molar-refractivity contribution in [3.63, 3.8) is 0 Å². The molecule has 8 nitrogen and oxygen atoms in total. The van der Waals surface area contributed by atoms with Crippen LogP contribution in [0.1, 0.15) is 53.0 Å². The molecule has 1 aromatic carbocycles. The fraction of sp³-hybridized carbons (Fsp3) is 0.423. The highest BCUT2D eigenvalue weighted by atomic mass is 16.5. The van der Waals surface area contributed by atoms with Gasteiger partial charge in [-0.15, -0.1) is 0 Å². The van der Waals surface area contributed by atoms with Gasteiger partial charge in [-0.2, -0.15) is 0 Å². The molecular weight excluding hydrogens is 432 g/mol. The van der Waals surface area contributed by atoms with Crippen LogP contribution in [0.2, 0.25) is 0 Å². The number of nitrogens with zero attached hydrogens (tertiary/aromatic N) is 2. The lowest BCUT2D eigenvalue weighted by Crippen LogP contribution is -2.38. The number of ether oxygens (including phenoxy) is 2. The largest absolute Gasteiger partial charge is 0.493 e. The molecule has 2 amide bonds. The number of piperidine rings is 1. The van der Waals surface area contributed by atoms with Crippen molar-refractivity contribution in [2.45, 2.75) is 32.1 Å². The van der Waals surface area contributed by atoms with Gasteiger partial charge < -0.3 is 24.7 Å². The SMILES string of the molecule is COc1ccc(C(=O)N2CCC(CCCCNC(=O)c3cc4cnccc4[nH]3)CC2)cc1OC. The zero-order valence-electron chi connectivity index (χ0n) is 19.8. The Hall–Kier alpha value is -3.55. The third-order valence-corrected chi connectivity index (χ3v) is 6.52. The van der Waals surface area contributed by atoms with Gasteiger partial charge in [0.25, 0.3) is 11.8 Å². The minimum Gasteiger partial charge on any atom is -0.493 e. The number of H-pyrrole nitrogens is 1. The zero-order chi connectivity index (χ0) is 23.9. The third kappa shape index (κ3) is 5.50. The van der Waals surface area contributed by atoms with E-state index in [9.17, 15) is 9.59 Å². The standard InChI is InChI=1S/C26H32N4O4/c1-33-23-7-6-19(16-24(23)34-2)26(32)30-13-9-18(10-14-30)5-3-4-11-28-25(31)22-15-20-17-27-12-8-21(20)29-22/h6-8,12,15-18,29H,3-5,9-11,13-14H2,1-2H3,(H,28,31). The van der Waals surface area contributed by atoms with Crippen LogP contribution in [0, 0.1) is 5.92 Å². The summed E-state index contributed by atoms with van der Waals surface area (Å²) in [5, 5.41) is 3.93. The molecule has 1 aliphatic heterocycles. The highest BCUT2D eigenvalue weighted by Gasteiger charge is 2.24. The highest BCUT2D eigenvalue weighted by Crippen LogP contribution is 2.29. The Morgan fingerprint density at radius 3 is 2.62 bits per heavy atom. The number of nitrogens with one attached hydrogen (secondary N) is 2. The van der Waals surface area contributed by atoms with Gasteiger partial charge in [-0.3, -0.25) is 14.6 Å². The summed E-state index contributed by atoms with van der Waals surface area (Å²) in [7, 11) is 3.16. The van der Waals surface area contributed by atoms with Gasteiger partial charge in [0.1, 0.15) is 5.69 Å². The lowest BCUT2D eigenvalue weighted by molar-refractivity contribution is 0.0685. The van der Waals surface area contributed by atoms with Crippen molar-refractivity contribution < 1.29 is 19.1 Å². The van der Waals surface area contributed by atoms with Crippen LogP contribution in [0.5, 0.6) is 11.5 Å². The molecule has 0 spiro atoms. The molecule has 0 unspecified atom stereocenters. The summed E-state index contributed by atoms with van der Waals surface area (Å²) < 4.78 is 10.6. The Morgan fingerprint density at radius 2 is 1.88 bits per heavy atom. The Bertz CT molecular complexity index is 1100. The van der Waals surface area contributed by atoms with Gasteiger partial charge in [-0.25, -0.2) is 0 Å². The number of carbonyl (C=O) groups excluding carboxylic acids is 2. The van der Waals surface area contributed by atoms with E-state index in [0.29, 0.717) is 35.2 Å². The Balaban J connectivity index is 1.15. The summed E-state index contributed by atoms with van der Waals surface area (Å²) in [6.07, 6.45) is 8.59. The molecular formula is C26H32N4O4. The van der Waals surface area contributed by atoms with Crippen LogP contribution in [0.4, 0.5) is 0 Å². The average molecular weight is 465 g/mol. The summed E-state index contributed by atoms with van der Waals surface area (Å²) in [5.41, 5.74) is 2.10. The number of benzene rings is 1. The number of hydrogen-bond acceptors (Lipinski definition) is 5. The molecule has 0 radical (unpaired) electrons. The summed E-state index contributed by atoms with van der Waals surface area (Å²) in [6, 6.07) is 8.99. The molecule has 180 valence electrons. The van der Waals surface area contributed by atoms with E-state index >= 15 is 0 Å². The number of likely N-dealkylation sites (tertiary alicyclic amines) is 1. The van der Waals surface area contributed by atoms with Gasteiger partial charge in [-0.1, -0.05) is 12.8 Å². The topological polar surface area (TPSA) is 96.5 Å². The summed E-state index contributed by atoms with van der Waals surface area (Å²) in [4.78, 5) is 34.4. The first-order valence-corrected chi connectivity index (χ1v) is 11.8. The van der Waals surface area contributed by atoms with E-state index in [4.69, 9.17) is 9.47 Å². The number of rotatable bonds is 9. The van der Waals surface area contributed by atoms with E-state index in [2.05, 4.69) is 15.3 Å². The minimum atomic E-state index is -0.0850. The van der Waals surface area contributed by atoms with Gasteiger partial charge in [0, 0.05) is 48.5 Å². The number of carbonyl (C=O) groups is 2. The van der Waals surface area contributed by atoms with E-state index < -0.39 is 0 Å². The summed E-state index contributed by atoms with van der Waals surface area (Å²) in [6.45, 7) is 2.19. The van der Waals surface area contributed by atoms with Crippen LogP contribution in [-0.4, -0.2) is 60.5 Å². The van der Waals surface area contributed by atoms with Crippen LogP contribution in [0.15, 0.2) is 42.7 Å². The van der Waals surface area contributed by atoms with Crippen LogP contribution in [-0.2, 0) is 0 Å². The third-order valence-electron chi connectivity index (χ3n) is 6.52. The molecule has 2 aromatic heterocycles. The maximum atomic E-state index is 12.9. The van der Waals surface area contributed by atoms with E-state index in [-0.39, 0.29) is 11.8 Å². The van der Waals surface area contributed by atoms with Crippen molar-refractivity contribution in [2.75, 3.05) is 33.9 Å². The molecule has 8 heteroatoms. The molecule has 1 aliphatic rings. The maximum Gasteiger partial charge on any atom is 0.267 e. The molecule has 1 fully saturated rings. The Labute approximate surface area is 199 Å². The fourth-order valence-electron chi connectivity index (χ4n) is 4.53. The number of aromatic amines is 1. The van der Waals surface area contributed by atoms with E-state index in [1.807, 2.05) is 17.0 Å². The zero-order valence-corrected chi connectivity index (χ0v) is 19.8. The summed E-state index contributed by atoms with van der Waals surface area (Å²) >= 11 is 0. The second kappa shape index (κ2) is 11.0. The van der Waals surface area contributed by atoms with Gasteiger partial charge >= 0.3 is 0 Å². The van der Waals surface area contributed by atoms with Crippen molar-refractivity contribution in [1.82, 2.24) is 20.2 Å². The average Bonchev–Trinajstić information content (AvgIpc) is 3.32. The number of hydrogen-bond donors (Lipinski definition) is 2. The fourth-order valence-corrected chi connectivity index (χ4v) is 4.53. The number of fused-ring (bicyclic) bond motifs is 1. The van der Waals surface area contributed by atoms with Crippen molar-refractivity contribution in [2.24, 2.45) is 5.92 Å². The van der Waals surface area contributed by atoms with Crippen molar-refractivity contribution in [3.05, 3.63) is 54.0 Å². The first-order chi connectivity index (χ1) is 16.6. The van der Waals surface area contributed by atoms with Gasteiger partial charge in [-0.05, 0) is 55.5 Å². The monoisotopic (exact) mass is 464 g/mol. The number of unbranched alkanes of at least 4 members (excludes halogenated alkanes) is 1. The highest BCUT2D eigenvalue weighted by molar-refractivity contribution is 5.97. The molecule has 4 rings (SSSR count). The predicted octanol–water partition coefficient (Wildman–Crippen LogP) is 4.03. The quantitative estimate of drug-likeness (QED) is 0.466. The van der Waals surface area contributed by atoms with E-state index in [0.717, 1.165) is 56.1 Å². The lowest BCUT2D eigenvalue weighted by atomic mass is 9.91. The smallest absolute Gasteiger partial charge is 0.267 e. The molecule has 3 heterocycles. The first kappa shape index (κ1) is 23.6. The second-order valence-electron chi connectivity index (χ2n) is 8.70. The van der Waals surface area contributed by atoms with Crippen LogP contribution in [0.25, 0.3) is 10.9 Å². The van der Waals surface area contributed by atoms with E-state index in [1.54, 1.807) is 44.8 Å². The lowest BCUT2D eigenvalue weighted by Gasteiger charge is -2.32. The van der Waals surface area contributed by atoms with Gasteiger partial charge in [0.15, 0.2) is 11.5 Å². The minimum absolute atomic E-state index is 0.0369. The molecule has 2 N–H and O–H groups in total. The van der Waals surface area contributed by atoms with Gasteiger partial charge in [0.2, 0.25) is 0 Å². The van der Waals surface area contributed by atoms with Crippen LogP contribution in [0.3, 0.4) is 0 Å². The molecule has 0 saturated carbocycles. The molecule has 34 heavy (non-hydrogen) atoms. The number of aromatic nitrogens is 2. The molecule has 3 aromatic rings. The number of amides is 2. The predicted molar refractivity (Wildman–Crippen MR) is 130 cm³/mol. The molecule has 1 saturated heterocycles. The Kier molecular flexibility index (Phi) is 7.67. The van der Waals surface area contributed by atoms with Gasteiger partial charge in [0.05, 0.1) is 14.2 Å². The molecule has 0 bridgehead atoms. The molecule has 0 atom stereocenters.